The molecule has 0 aliphatic carbocycles. The van der Waals surface area contributed by atoms with E-state index in [9.17, 15) is 45.5 Å². The quantitative estimate of drug-likeness (QED) is 0.0528. The van der Waals surface area contributed by atoms with Gasteiger partial charge in [-0.3, -0.25) is 9.59 Å². The first-order valence-corrected chi connectivity index (χ1v) is 21.1. The van der Waals surface area contributed by atoms with Crippen molar-refractivity contribution in [2.24, 2.45) is 22.6 Å². The van der Waals surface area contributed by atoms with E-state index in [4.69, 9.17) is 5.73 Å². The minimum absolute atomic E-state index is 0.0331. The second kappa shape index (κ2) is 29.5. The van der Waals surface area contributed by atoms with Gasteiger partial charge in [-0.05, 0) is 107 Å². The molecule has 0 aromatic heterocycles. The summed E-state index contributed by atoms with van der Waals surface area (Å²) in [6.45, 7) is 12.5. The lowest BCUT2D eigenvalue weighted by atomic mass is 10.0. The molecule has 0 saturated heterocycles. The highest BCUT2D eigenvalue weighted by Gasteiger charge is 2.32. The number of alkyl halides is 6. The van der Waals surface area contributed by atoms with Crippen LogP contribution in [0.3, 0.4) is 0 Å². The number of aliphatic imine (C=N–C) groups is 1. The molecule has 18 heteroatoms. The Bertz CT molecular complexity index is 2050. The van der Waals surface area contributed by atoms with E-state index in [0.29, 0.717) is 26.2 Å². The number of anilines is 1. The van der Waals surface area contributed by atoms with Crippen molar-refractivity contribution in [2.45, 2.75) is 72.1 Å². The van der Waals surface area contributed by atoms with Crippen LogP contribution in [0, 0.1) is 11.8 Å². The minimum Gasteiger partial charge on any atom is -0.337 e. The molecule has 362 valence electrons. The number of hydrogen-bond donors (Lipinski definition) is 4. The molecule has 0 bridgehead atoms. The summed E-state index contributed by atoms with van der Waals surface area (Å²) in [5, 5.41) is 7.88. The molecule has 0 saturated carbocycles. The topological polar surface area (TPSA) is 152 Å². The zero-order chi connectivity index (χ0) is 50.0. The monoisotopic (exact) mass is 930 g/mol. The second-order valence-corrected chi connectivity index (χ2v) is 15.8. The Balaban J connectivity index is 0.000000519. The fourth-order valence-corrected chi connectivity index (χ4v) is 5.58. The first-order chi connectivity index (χ1) is 31.0. The predicted octanol–water partition coefficient (Wildman–Crippen LogP) is 8.97. The number of amides is 4. The highest BCUT2D eigenvalue weighted by molar-refractivity contribution is 5.94. The third-order valence-corrected chi connectivity index (χ3v) is 9.32. The van der Waals surface area contributed by atoms with Gasteiger partial charge in [0.05, 0.1) is 22.9 Å². The molecule has 4 aromatic carbocycles. The van der Waals surface area contributed by atoms with Gasteiger partial charge in [-0.15, -0.1) is 0 Å². The smallest absolute Gasteiger partial charge is 0.337 e. The Labute approximate surface area is 384 Å². The maximum absolute atomic E-state index is 13.0. The molecular weight excluding hydrogens is 867 g/mol. The van der Waals surface area contributed by atoms with E-state index in [2.05, 4.69) is 25.8 Å². The van der Waals surface area contributed by atoms with Gasteiger partial charge >= 0.3 is 18.4 Å². The Hall–Kier alpha value is -6.07. The van der Waals surface area contributed by atoms with Gasteiger partial charge in [-0.2, -0.15) is 31.3 Å². The van der Waals surface area contributed by atoms with E-state index < -0.39 is 41.6 Å². The first kappa shape index (κ1) is 57.9. The van der Waals surface area contributed by atoms with E-state index in [1.807, 2.05) is 128 Å². The number of benzene rings is 4. The molecule has 0 spiro atoms. The van der Waals surface area contributed by atoms with Gasteiger partial charge in [-0.1, -0.05) is 88.4 Å². The van der Waals surface area contributed by atoms with E-state index >= 15 is 0 Å². The van der Waals surface area contributed by atoms with Crippen molar-refractivity contribution in [3.63, 3.8) is 0 Å². The van der Waals surface area contributed by atoms with Crippen LogP contribution in [-0.4, -0.2) is 98.5 Å². The van der Waals surface area contributed by atoms with Crippen LogP contribution in [0.2, 0.25) is 0 Å². The van der Waals surface area contributed by atoms with Crippen molar-refractivity contribution in [1.82, 2.24) is 25.3 Å². The summed E-state index contributed by atoms with van der Waals surface area (Å²) in [6, 6.07) is 25.7. The Morgan fingerprint density at radius 1 is 0.667 bits per heavy atom. The molecule has 5 N–H and O–H groups in total. The molecule has 4 aromatic rings. The average molecular weight is 931 g/mol. The van der Waals surface area contributed by atoms with Crippen molar-refractivity contribution in [3.8, 4) is 0 Å². The van der Waals surface area contributed by atoms with Crippen molar-refractivity contribution in [1.29, 1.82) is 0 Å². The van der Waals surface area contributed by atoms with Crippen molar-refractivity contribution in [2.75, 3.05) is 53.1 Å². The number of nitrogens with zero attached hydrogens (tertiary/aromatic N) is 4. The van der Waals surface area contributed by atoms with Crippen molar-refractivity contribution >= 4 is 35.3 Å². The summed E-state index contributed by atoms with van der Waals surface area (Å²) >= 11 is 0. The molecule has 0 aliphatic rings. The zero-order valence-corrected chi connectivity index (χ0v) is 39.0. The number of carbonyl (C=O) groups excluding carboxylic acids is 4. The number of likely N-dealkylation sites (N-methyl/N-ethyl adjacent to an activating group) is 2. The van der Waals surface area contributed by atoms with Gasteiger partial charge < -0.3 is 36.4 Å². The molecule has 0 aliphatic heterocycles. The molecule has 2 atom stereocenters. The summed E-state index contributed by atoms with van der Waals surface area (Å²) in [6.07, 6.45) is -7.57. The van der Waals surface area contributed by atoms with Crippen LogP contribution >= 0.6 is 0 Å². The second-order valence-electron chi connectivity index (χ2n) is 15.8. The summed E-state index contributed by atoms with van der Waals surface area (Å²) in [5.41, 5.74) is 6.91. The molecule has 4 rings (SSSR count). The number of hydrogen-bond acceptors (Lipinski definition) is 8. The number of halogens is 6. The van der Waals surface area contributed by atoms with Crippen LogP contribution < -0.4 is 21.7 Å². The van der Waals surface area contributed by atoms with E-state index in [-0.39, 0.29) is 35.0 Å². The summed E-state index contributed by atoms with van der Waals surface area (Å²) < 4.78 is 74.0. The van der Waals surface area contributed by atoms with Gasteiger partial charge in [-0.25, -0.2) is 9.59 Å². The number of urea groups is 1. The van der Waals surface area contributed by atoms with E-state index in [1.165, 1.54) is 18.2 Å². The summed E-state index contributed by atoms with van der Waals surface area (Å²) in [5.74, 6) is -0.217. The predicted molar refractivity (Wildman–Crippen MR) is 247 cm³/mol. The lowest BCUT2D eigenvalue weighted by Crippen LogP contribution is -2.52. The van der Waals surface area contributed by atoms with Crippen LogP contribution in [0.1, 0.15) is 56.9 Å². The Morgan fingerprint density at radius 3 is 1.48 bits per heavy atom. The third kappa shape index (κ3) is 22.2. The normalized spacial score (nSPS) is 11.9. The summed E-state index contributed by atoms with van der Waals surface area (Å²) in [4.78, 5) is 56.4. The van der Waals surface area contributed by atoms with E-state index in [0.717, 1.165) is 54.1 Å². The standard InChI is InChI=1S/C22H26F3N3O2.C16H27N3O.C8H4F3NO.C2H7N/c1-4-28(14-16-8-6-5-7-9-16)20(29)19(15(2)3)27-21(30)26-18-12-10-17(11-13-18)22(23,24)25;1-13(2)15(17)16(20)19(11-10-18(3)4)12-14-8-6-5-7-9-14;9-8(10,11)6-1-3-7(4-2-6)12-5-13;1-3-2/h5-13,15,19H,4,14H2,1-3H3,(H2,26,27,30);5-9,13,15H,10-12,17H2,1-4H3;1-4H;3H,1-2H3/t19-;15-;;/m00../s1. The SMILES string of the molecule is CC(C)[C@H](N)C(=O)N(CCN(C)C)Cc1ccccc1.CCN(Cc1ccccc1)C(=O)[C@@H](NC(=O)Nc1ccc(C(F)(F)F)cc1)C(C)C.CNC.O=C=Nc1ccc(C(F)(F)F)cc1. The van der Waals surface area contributed by atoms with E-state index in [1.54, 1.807) is 4.90 Å². The van der Waals surface area contributed by atoms with Gasteiger partial charge in [0, 0.05) is 38.4 Å². The number of rotatable bonds is 15. The molecule has 12 nitrogen and oxygen atoms in total. The van der Waals surface area contributed by atoms with Crippen molar-refractivity contribution in [3.05, 3.63) is 131 Å². The van der Waals surface area contributed by atoms with Gasteiger partial charge in [0.25, 0.3) is 0 Å². The molecule has 4 amide bonds. The number of nitrogens with one attached hydrogen (secondary N) is 3. The Kier molecular flexibility index (Phi) is 25.9. The summed E-state index contributed by atoms with van der Waals surface area (Å²) in [7, 11) is 7.76. The van der Waals surface area contributed by atoms with Crippen LogP contribution in [0.5, 0.6) is 0 Å². The fraction of sp³-hybridized carbons (Fsp3) is 0.417. The molecular formula is C48H64F6N8O4. The Morgan fingerprint density at radius 2 is 1.11 bits per heavy atom. The number of nitrogens with two attached hydrogens (primary N) is 1. The maximum atomic E-state index is 13.0. The van der Waals surface area contributed by atoms with Crippen LogP contribution in [0.4, 0.5) is 42.5 Å². The van der Waals surface area contributed by atoms with Crippen LogP contribution in [-0.2, 0) is 39.8 Å². The highest BCUT2D eigenvalue weighted by Crippen LogP contribution is 2.31. The molecule has 0 radical (unpaired) electrons. The lowest BCUT2D eigenvalue weighted by Gasteiger charge is -2.29. The number of isocyanates is 1. The van der Waals surface area contributed by atoms with Crippen LogP contribution in [0.25, 0.3) is 0 Å². The number of carbonyl (C=O) groups is 3. The van der Waals surface area contributed by atoms with Gasteiger partial charge in [0.2, 0.25) is 17.9 Å². The first-order valence-electron chi connectivity index (χ1n) is 21.1. The van der Waals surface area contributed by atoms with Crippen LogP contribution in [0.15, 0.2) is 114 Å². The van der Waals surface area contributed by atoms with Crippen molar-refractivity contribution < 1.29 is 45.5 Å². The third-order valence-electron chi connectivity index (χ3n) is 9.32. The molecule has 0 unspecified atom stereocenters. The molecule has 0 heterocycles. The minimum atomic E-state index is -4.45. The molecule has 0 fully saturated rings. The van der Waals surface area contributed by atoms with Gasteiger partial charge in [0.1, 0.15) is 6.04 Å². The largest absolute Gasteiger partial charge is 0.416 e. The molecule has 66 heavy (non-hydrogen) atoms. The zero-order valence-electron chi connectivity index (χ0n) is 39.0. The lowest BCUT2D eigenvalue weighted by molar-refractivity contribution is -0.138. The highest BCUT2D eigenvalue weighted by atomic mass is 19.4. The van der Waals surface area contributed by atoms with Gasteiger partial charge in [0.15, 0.2) is 0 Å². The maximum Gasteiger partial charge on any atom is 0.416 e. The fourth-order valence-electron chi connectivity index (χ4n) is 5.58. The average Bonchev–Trinajstić information content (AvgIpc) is 3.26.